The summed E-state index contributed by atoms with van der Waals surface area (Å²) in [5.74, 6) is 1.01. The molecule has 0 aromatic carbocycles. The lowest BCUT2D eigenvalue weighted by atomic mass is 10.3. The van der Waals surface area contributed by atoms with Crippen molar-refractivity contribution in [3.8, 4) is 5.75 Å². The van der Waals surface area contributed by atoms with Crippen molar-refractivity contribution in [3.63, 3.8) is 0 Å². The van der Waals surface area contributed by atoms with Crippen molar-refractivity contribution in [2.75, 3.05) is 23.7 Å². The van der Waals surface area contributed by atoms with E-state index in [9.17, 15) is 0 Å². The molecule has 2 rings (SSSR count). The Morgan fingerprint density at radius 3 is 3.09 bits per heavy atom. The highest BCUT2D eigenvalue weighted by Gasteiger charge is 2.08. The second kappa shape index (κ2) is 2.30. The van der Waals surface area contributed by atoms with Crippen LogP contribution in [0.5, 0.6) is 5.75 Å². The number of aromatic hydroxyl groups is 1. The van der Waals surface area contributed by atoms with Gasteiger partial charge in [0.15, 0.2) is 0 Å². The average Bonchev–Trinajstić information content (AvgIpc) is 2.04. The lowest BCUT2D eigenvalue weighted by molar-refractivity contribution is 0.473. The lowest BCUT2D eigenvalue weighted by Crippen LogP contribution is -2.21. The maximum absolute atomic E-state index is 9.06. The molecule has 0 saturated heterocycles. The second-order valence-electron chi connectivity index (χ2n) is 2.44. The molecule has 1 aromatic heterocycles. The fraction of sp³-hybridized carbons (Fsp3) is 0.286. The number of hydrogen-bond acceptors (Lipinski definition) is 4. The van der Waals surface area contributed by atoms with Crippen LogP contribution in [0.15, 0.2) is 12.3 Å². The van der Waals surface area contributed by atoms with Crippen molar-refractivity contribution >= 4 is 11.5 Å². The minimum Gasteiger partial charge on any atom is -0.506 e. The van der Waals surface area contributed by atoms with Gasteiger partial charge in [0.1, 0.15) is 11.6 Å². The molecule has 1 aliphatic rings. The van der Waals surface area contributed by atoms with E-state index in [4.69, 9.17) is 5.11 Å². The molecule has 0 spiro atoms. The SMILES string of the molecule is Oc1cnc2c(c1)NCCN2. The first-order chi connectivity index (χ1) is 5.36. The maximum atomic E-state index is 9.06. The van der Waals surface area contributed by atoms with Crippen LogP contribution in [0, 0.1) is 0 Å². The summed E-state index contributed by atoms with van der Waals surface area (Å²) in [6.45, 7) is 1.75. The Labute approximate surface area is 64.3 Å². The molecule has 0 radical (unpaired) electrons. The Balaban J connectivity index is 2.43. The third-order valence-electron chi connectivity index (χ3n) is 1.61. The van der Waals surface area contributed by atoms with Crippen molar-refractivity contribution in [2.24, 2.45) is 0 Å². The Bertz CT molecular complexity index is 274. The first-order valence-electron chi connectivity index (χ1n) is 3.53. The highest BCUT2D eigenvalue weighted by atomic mass is 16.3. The van der Waals surface area contributed by atoms with Gasteiger partial charge in [0.2, 0.25) is 0 Å². The molecule has 4 nitrogen and oxygen atoms in total. The fourth-order valence-electron chi connectivity index (χ4n) is 1.11. The van der Waals surface area contributed by atoms with Gasteiger partial charge in [-0.05, 0) is 0 Å². The third-order valence-corrected chi connectivity index (χ3v) is 1.61. The molecule has 0 atom stereocenters. The van der Waals surface area contributed by atoms with Gasteiger partial charge in [0, 0.05) is 19.2 Å². The van der Waals surface area contributed by atoms with Crippen LogP contribution < -0.4 is 10.6 Å². The quantitative estimate of drug-likeness (QED) is 0.509. The van der Waals surface area contributed by atoms with Crippen LogP contribution in [-0.4, -0.2) is 23.2 Å². The summed E-state index contributed by atoms with van der Waals surface area (Å²) in [4.78, 5) is 4.00. The van der Waals surface area contributed by atoms with E-state index in [-0.39, 0.29) is 5.75 Å². The zero-order chi connectivity index (χ0) is 7.68. The van der Waals surface area contributed by atoms with E-state index >= 15 is 0 Å². The number of anilines is 2. The van der Waals surface area contributed by atoms with E-state index < -0.39 is 0 Å². The molecule has 1 aromatic rings. The normalized spacial score (nSPS) is 14.5. The van der Waals surface area contributed by atoms with E-state index in [0.29, 0.717) is 0 Å². The second-order valence-corrected chi connectivity index (χ2v) is 2.44. The van der Waals surface area contributed by atoms with E-state index in [1.54, 1.807) is 6.07 Å². The molecule has 1 aliphatic heterocycles. The first kappa shape index (κ1) is 6.27. The highest BCUT2D eigenvalue weighted by Crippen LogP contribution is 2.24. The summed E-state index contributed by atoms with van der Waals surface area (Å²) in [5, 5.41) is 15.3. The van der Waals surface area contributed by atoms with Crippen LogP contribution in [0.25, 0.3) is 0 Å². The summed E-state index contributed by atoms with van der Waals surface area (Å²) in [5.41, 5.74) is 0.872. The van der Waals surface area contributed by atoms with Gasteiger partial charge in [0.25, 0.3) is 0 Å². The summed E-state index contributed by atoms with van der Waals surface area (Å²) >= 11 is 0. The van der Waals surface area contributed by atoms with E-state index in [0.717, 1.165) is 24.6 Å². The predicted molar refractivity (Wildman–Crippen MR) is 42.9 cm³/mol. The van der Waals surface area contributed by atoms with Gasteiger partial charge in [-0.1, -0.05) is 0 Å². The van der Waals surface area contributed by atoms with Gasteiger partial charge in [-0.15, -0.1) is 0 Å². The summed E-state index contributed by atoms with van der Waals surface area (Å²) < 4.78 is 0. The van der Waals surface area contributed by atoms with E-state index in [1.807, 2.05) is 0 Å². The van der Waals surface area contributed by atoms with Crippen LogP contribution in [-0.2, 0) is 0 Å². The average molecular weight is 151 g/mol. The Hall–Kier alpha value is -1.45. The summed E-state index contributed by atoms with van der Waals surface area (Å²) in [7, 11) is 0. The molecule has 3 N–H and O–H groups in total. The Kier molecular flexibility index (Phi) is 1.31. The van der Waals surface area contributed by atoms with Crippen molar-refractivity contribution in [2.45, 2.75) is 0 Å². The summed E-state index contributed by atoms with van der Waals surface area (Å²) in [6.07, 6.45) is 1.43. The van der Waals surface area contributed by atoms with Gasteiger partial charge in [-0.25, -0.2) is 4.98 Å². The molecular formula is C7H9N3O. The number of pyridine rings is 1. The van der Waals surface area contributed by atoms with Crippen molar-refractivity contribution in [1.82, 2.24) is 4.98 Å². The molecule has 0 fully saturated rings. The smallest absolute Gasteiger partial charge is 0.149 e. The van der Waals surface area contributed by atoms with E-state index in [2.05, 4.69) is 15.6 Å². The molecule has 11 heavy (non-hydrogen) atoms. The number of nitrogens with zero attached hydrogens (tertiary/aromatic N) is 1. The number of rotatable bonds is 0. The highest BCUT2D eigenvalue weighted by molar-refractivity contribution is 5.67. The number of nitrogens with one attached hydrogen (secondary N) is 2. The van der Waals surface area contributed by atoms with Crippen LogP contribution in [0.1, 0.15) is 0 Å². The van der Waals surface area contributed by atoms with Gasteiger partial charge in [0.05, 0.1) is 11.9 Å². The standard InChI is InChI=1S/C7H9N3O/c11-5-3-6-7(10-4-5)9-2-1-8-6/h3-4,8,11H,1-2H2,(H,9,10). The zero-order valence-corrected chi connectivity index (χ0v) is 5.96. The monoisotopic (exact) mass is 151 g/mol. The largest absolute Gasteiger partial charge is 0.506 e. The van der Waals surface area contributed by atoms with Crippen LogP contribution in [0.2, 0.25) is 0 Å². The van der Waals surface area contributed by atoms with Crippen LogP contribution >= 0.6 is 0 Å². The van der Waals surface area contributed by atoms with Crippen LogP contribution in [0.4, 0.5) is 11.5 Å². The minimum atomic E-state index is 0.194. The molecule has 0 aliphatic carbocycles. The molecule has 4 heteroatoms. The van der Waals surface area contributed by atoms with E-state index in [1.165, 1.54) is 6.20 Å². The Morgan fingerprint density at radius 2 is 2.18 bits per heavy atom. The molecule has 58 valence electrons. The lowest BCUT2D eigenvalue weighted by Gasteiger charge is -2.18. The number of fused-ring (bicyclic) bond motifs is 1. The first-order valence-corrected chi connectivity index (χ1v) is 3.53. The molecular weight excluding hydrogens is 142 g/mol. The van der Waals surface area contributed by atoms with Gasteiger partial charge in [-0.3, -0.25) is 0 Å². The zero-order valence-electron chi connectivity index (χ0n) is 5.96. The van der Waals surface area contributed by atoms with Gasteiger partial charge in [-0.2, -0.15) is 0 Å². The van der Waals surface area contributed by atoms with Crippen molar-refractivity contribution in [1.29, 1.82) is 0 Å². The van der Waals surface area contributed by atoms with Crippen molar-refractivity contribution in [3.05, 3.63) is 12.3 Å². The fourth-order valence-corrected chi connectivity index (χ4v) is 1.11. The van der Waals surface area contributed by atoms with Crippen molar-refractivity contribution < 1.29 is 5.11 Å². The topological polar surface area (TPSA) is 57.2 Å². The Morgan fingerprint density at radius 1 is 1.36 bits per heavy atom. The van der Waals surface area contributed by atoms with Gasteiger partial charge < -0.3 is 15.7 Å². The van der Waals surface area contributed by atoms with Gasteiger partial charge >= 0.3 is 0 Å². The third kappa shape index (κ3) is 1.07. The number of hydrogen-bond donors (Lipinski definition) is 3. The van der Waals surface area contributed by atoms with Crippen LogP contribution in [0.3, 0.4) is 0 Å². The number of aromatic nitrogens is 1. The predicted octanol–water partition coefficient (Wildman–Crippen LogP) is 0.625. The molecule has 0 unspecified atom stereocenters. The molecule has 0 amide bonds. The maximum Gasteiger partial charge on any atom is 0.149 e. The minimum absolute atomic E-state index is 0.194. The summed E-state index contributed by atoms with van der Waals surface area (Å²) in [6, 6.07) is 1.66. The molecule has 0 bridgehead atoms. The molecule has 0 saturated carbocycles. The molecule has 2 heterocycles.